The molecule has 2 rings (SSSR count). The van der Waals surface area contributed by atoms with E-state index in [9.17, 15) is 14.4 Å². The molecule has 1 fully saturated rings. The highest BCUT2D eigenvalue weighted by molar-refractivity contribution is 6.42. The van der Waals surface area contributed by atoms with Crippen LogP contribution in [-0.2, 0) is 9.59 Å². The Morgan fingerprint density at radius 1 is 1.26 bits per heavy atom. The van der Waals surface area contributed by atoms with Gasteiger partial charge in [0.25, 0.3) is 5.91 Å². The van der Waals surface area contributed by atoms with Gasteiger partial charge < -0.3 is 15.3 Å². The molecule has 1 aromatic carbocycles. The monoisotopic (exact) mass is 358 g/mol. The van der Waals surface area contributed by atoms with Gasteiger partial charge in [-0.1, -0.05) is 23.2 Å². The standard InChI is InChI=1S/C15H16Cl2N2O4/c16-11-4-3-9(6-12(11)17)14(21)18-7-13(20)19-5-1-2-10(8-19)15(22)23/h3-4,6,10H,1-2,5,7-8H2,(H,18,21)(H,22,23)/t10-/m0/s1. The summed E-state index contributed by atoms with van der Waals surface area (Å²) in [5, 5.41) is 12.1. The number of rotatable bonds is 4. The van der Waals surface area contributed by atoms with Gasteiger partial charge >= 0.3 is 5.97 Å². The molecule has 1 aromatic rings. The number of benzene rings is 1. The van der Waals surface area contributed by atoms with Crippen LogP contribution in [0.15, 0.2) is 18.2 Å². The fraction of sp³-hybridized carbons (Fsp3) is 0.400. The van der Waals surface area contributed by atoms with Crippen LogP contribution in [-0.4, -0.2) is 47.4 Å². The average Bonchev–Trinajstić information content (AvgIpc) is 2.54. The normalized spacial score (nSPS) is 17.7. The molecule has 0 saturated carbocycles. The minimum atomic E-state index is -0.901. The Morgan fingerprint density at radius 3 is 2.65 bits per heavy atom. The molecule has 0 bridgehead atoms. The third-order valence-corrected chi connectivity index (χ3v) is 4.44. The van der Waals surface area contributed by atoms with Gasteiger partial charge in [0.2, 0.25) is 5.91 Å². The van der Waals surface area contributed by atoms with Gasteiger partial charge in [0, 0.05) is 18.7 Å². The average molecular weight is 359 g/mol. The van der Waals surface area contributed by atoms with Crippen molar-refractivity contribution in [2.45, 2.75) is 12.8 Å². The molecule has 0 aromatic heterocycles. The number of nitrogens with one attached hydrogen (secondary N) is 1. The van der Waals surface area contributed by atoms with Gasteiger partial charge in [-0.2, -0.15) is 0 Å². The van der Waals surface area contributed by atoms with Gasteiger partial charge in [0.05, 0.1) is 22.5 Å². The molecule has 6 nitrogen and oxygen atoms in total. The largest absolute Gasteiger partial charge is 0.481 e. The molecule has 0 unspecified atom stereocenters. The van der Waals surface area contributed by atoms with Crippen LogP contribution < -0.4 is 5.32 Å². The van der Waals surface area contributed by atoms with Gasteiger partial charge in [-0.05, 0) is 31.0 Å². The van der Waals surface area contributed by atoms with Crippen molar-refractivity contribution in [1.82, 2.24) is 10.2 Å². The van der Waals surface area contributed by atoms with Crippen LogP contribution in [0.3, 0.4) is 0 Å². The third-order valence-electron chi connectivity index (χ3n) is 3.71. The van der Waals surface area contributed by atoms with E-state index in [2.05, 4.69) is 5.32 Å². The van der Waals surface area contributed by atoms with E-state index < -0.39 is 17.8 Å². The molecule has 1 aliphatic rings. The van der Waals surface area contributed by atoms with Crippen LogP contribution >= 0.6 is 23.2 Å². The number of aliphatic carboxylic acids is 1. The van der Waals surface area contributed by atoms with Crippen molar-refractivity contribution in [1.29, 1.82) is 0 Å². The second kappa shape index (κ2) is 7.66. The van der Waals surface area contributed by atoms with Crippen molar-refractivity contribution in [3.05, 3.63) is 33.8 Å². The van der Waals surface area contributed by atoms with E-state index in [-0.39, 0.29) is 24.0 Å². The van der Waals surface area contributed by atoms with Crippen LogP contribution in [0.25, 0.3) is 0 Å². The molecule has 1 heterocycles. The number of amides is 2. The van der Waals surface area contributed by atoms with Crippen LogP contribution in [0.2, 0.25) is 10.0 Å². The van der Waals surface area contributed by atoms with Crippen LogP contribution in [0.1, 0.15) is 23.2 Å². The molecule has 2 amide bonds. The number of carboxylic acids is 1. The number of carbonyl (C=O) groups is 3. The van der Waals surface area contributed by atoms with Crippen molar-refractivity contribution in [3.8, 4) is 0 Å². The van der Waals surface area contributed by atoms with Crippen molar-refractivity contribution < 1.29 is 19.5 Å². The number of nitrogens with zero attached hydrogens (tertiary/aromatic N) is 1. The SMILES string of the molecule is O=C(NCC(=O)N1CCC[C@H](C(=O)O)C1)c1ccc(Cl)c(Cl)c1. The molecule has 1 saturated heterocycles. The first kappa shape index (κ1) is 17.6. The van der Waals surface area contributed by atoms with Gasteiger partial charge in [-0.25, -0.2) is 0 Å². The maximum Gasteiger partial charge on any atom is 0.308 e. The first-order chi connectivity index (χ1) is 10.9. The van der Waals surface area contributed by atoms with E-state index in [1.54, 1.807) is 0 Å². The van der Waals surface area contributed by atoms with Crippen LogP contribution in [0.4, 0.5) is 0 Å². The summed E-state index contributed by atoms with van der Waals surface area (Å²) >= 11 is 11.6. The Morgan fingerprint density at radius 2 is 2.00 bits per heavy atom. The zero-order valence-corrected chi connectivity index (χ0v) is 13.7. The predicted octanol–water partition coefficient (Wildman–Crippen LogP) is 2.05. The Kier molecular flexibility index (Phi) is 5.85. The fourth-order valence-corrected chi connectivity index (χ4v) is 2.71. The molecule has 2 N–H and O–H groups in total. The molecular formula is C15H16Cl2N2O4. The lowest BCUT2D eigenvalue weighted by atomic mass is 9.98. The Hall–Kier alpha value is -1.79. The van der Waals surface area contributed by atoms with Gasteiger partial charge in [0.1, 0.15) is 0 Å². The Balaban J connectivity index is 1.89. The number of piperidine rings is 1. The van der Waals surface area contributed by atoms with Crippen LogP contribution in [0, 0.1) is 5.92 Å². The molecule has 0 spiro atoms. The second-order valence-corrected chi connectivity index (χ2v) is 6.14. The molecule has 1 aliphatic heterocycles. The Labute approximate surface area is 143 Å². The Bertz CT molecular complexity index is 636. The molecule has 1 atom stereocenters. The number of likely N-dealkylation sites (tertiary alicyclic amines) is 1. The van der Waals surface area contributed by atoms with Crippen molar-refractivity contribution in [2.24, 2.45) is 5.92 Å². The number of hydrogen-bond donors (Lipinski definition) is 2. The molecule has 0 aliphatic carbocycles. The predicted molar refractivity (Wildman–Crippen MR) is 85.7 cm³/mol. The maximum atomic E-state index is 12.1. The maximum absolute atomic E-state index is 12.1. The summed E-state index contributed by atoms with van der Waals surface area (Å²) in [6.45, 7) is 0.494. The van der Waals surface area contributed by atoms with E-state index >= 15 is 0 Å². The lowest BCUT2D eigenvalue weighted by Crippen LogP contribution is -2.46. The fourth-order valence-electron chi connectivity index (χ4n) is 2.41. The summed E-state index contributed by atoms with van der Waals surface area (Å²) in [5.74, 6) is -2.19. The topological polar surface area (TPSA) is 86.7 Å². The highest BCUT2D eigenvalue weighted by atomic mass is 35.5. The van der Waals surface area contributed by atoms with Crippen molar-refractivity contribution in [3.63, 3.8) is 0 Å². The minimum Gasteiger partial charge on any atom is -0.481 e. The summed E-state index contributed by atoms with van der Waals surface area (Å²) in [7, 11) is 0. The van der Waals surface area contributed by atoms with E-state index in [0.29, 0.717) is 30.0 Å². The second-order valence-electron chi connectivity index (χ2n) is 5.33. The molecule has 0 radical (unpaired) electrons. The minimum absolute atomic E-state index is 0.177. The quantitative estimate of drug-likeness (QED) is 0.862. The molecule has 124 valence electrons. The summed E-state index contributed by atoms with van der Waals surface area (Å²) in [6, 6.07) is 4.43. The number of hydrogen-bond acceptors (Lipinski definition) is 3. The number of carbonyl (C=O) groups excluding carboxylic acids is 2. The third kappa shape index (κ3) is 4.59. The number of halogens is 2. The molecular weight excluding hydrogens is 343 g/mol. The molecule has 8 heteroatoms. The highest BCUT2D eigenvalue weighted by Gasteiger charge is 2.28. The summed E-state index contributed by atoms with van der Waals surface area (Å²) in [4.78, 5) is 36.6. The highest BCUT2D eigenvalue weighted by Crippen LogP contribution is 2.22. The van der Waals surface area contributed by atoms with E-state index in [4.69, 9.17) is 28.3 Å². The van der Waals surface area contributed by atoms with E-state index in [1.165, 1.54) is 23.1 Å². The first-order valence-electron chi connectivity index (χ1n) is 7.12. The zero-order chi connectivity index (χ0) is 17.0. The van der Waals surface area contributed by atoms with Gasteiger partial charge in [0.15, 0.2) is 0 Å². The summed E-state index contributed by atoms with van der Waals surface area (Å²) < 4.78 is 0. The number of carboxylic acid groups (broad SMARTS) is 1. The van der Waals surface area contributed by atoms with E-state index in [0.717, 1.165) is 0 Å². The van der Waals surface area contributed by atoms with Crippen molar-refractivity contribution in [2.75, 3.05) is 19.6 Å². The lowest BCUT2D eigenvalue weighted by Gasteiger charge is -2.30. The molecule has 23 heavy (non-hydrogen) atoms. The zero-order valence-electron chi connectivity index (χ0n) is 12.2. The lowest BCUT2D eigenvalue weighted by molar-refractivity contribution is -0.145. The summed E-state index contributed by atoms with van der Waals surface area (Å²) in [6.07, 6.45) is 1.21. The summed E-state index contributed by atoms with van der Waals surface area (Å²) in [5.41, 5.74) is 0.300. The van der Waals surface area contributed by atoms with E-state index in [1.807, 2.05) is 0 Å². The van der Waals surface area contributed by atoms with Gasteiger partial charge in [-0.3, -0.25) is 14.4 Å². The van der Waals surface area contributed by atoms with Crippen molar-refractivity contribution >= 4 is 41.0 Å². The van der Waals surface area contributed by atoms with Crippen LogP contribution in [0.5, 0.6) is 0 Å². The van der Waals surface area contributed by atoms with Gasteiger partial charge in [-0.15, -0.1) is 0 Å². The smallest absolute Gasteiger partial charge is 0.308 e. The first-order valence-corrected chi connectivity index (χ1v) is 7.88.